The van der Waals surface area contributed by atoms with Crippen molar-refractivity contribution in [1.29, 1.82) is 0 Å². The van der Waals surface area contributed by atoms with E-state index in [0.717, 1.165) is 39.6 Å². The lowest BCUT2D eigenvalue weighted by molar-refractivity contribution is 1.24. The van der Waals surface area contributed by atoms with E-state index in [4.69, 9.17) is 0 Å². The van der Waals surface area contributed by atoms with Crippen molar-refractivity contribution in [2.45, 2.75) is 0 Å². The van der Waals surface area contributed by atoms with Gasteiger partial charge in [-0.25, -0.2) is 0 Å². The maximum atomic E-state index is 2.74. The van der Waals surface area contributed by atoms with E-state index in [-0.39, 0.29) is 20.1 Å². The van der Waals surface area contributed by atoms with Crippen molar-refractivity contribution >= 4 is 210 Å². The molecule has 17 aromatic rings. The van der Waals surface area contributed by atoms with E-state index in [1.165, 1.54) is 150 Å². The van der Waals surface area contributed by atoms with E-state index in [1.807, 2.05) is 0 Å². The highest BCUT2D eigenvalue weighted by molar-refractivity contribution is 7.02. The molecule has 0 radical (unpaired) electrons. The molecule has 0 spiro atoms. The molecule has 10 heteroatoms. The Hall–Kier alpha value is -12.9. The van der Waals surface area contributed by atoms with E-state index in [1.54, 1.807) is 0 Å². The summed E-state index contributed by atoms with van der Waals surface area (Å²) in [5, 5.41) is 4.91. The lowest BCUT2D eigenvalue weighted by Gasteiger charge is -2.44. The maximum absolute atomic E-state index is 2.74. The normalized spacial score (nSPS) is 14.0. The fourth-order valence-corrected chi connectivity index (χ4v) is 18.9. The molecule has 0 N–H and O–H groups in total. The second-order valence-corrected chi connectivity index (χ2v) is 27.4. The third-order valence-corrected chi connectivity index (χ3v) is 22.5. The zero-order chi connectivity index (χ0) is 65.0. The first-order chi connectivity index (χ1) is 49.7. The van der Waals surface area contributed by atoms with Crippen molar-refractivity contribution in [3.05, 3.63) is 340 Å². The van der Waals surface area contributed by atoms with Crippen LogP contribution in [-0.2, 0) is 0 Å². The molecule has 23 rings (SSSR count). The number of nitrogens with zero attached hydrogens (tertiary/aromatic N) is 7. The number of rotatable bonds is 6. The standard InChI is InChI=1S/C90H56B3N7/c1-7-28-57(29-8-1)94-72-43-22-19-40-66(72)91-69-53-52-63-64-54-71-89(98(61-36-15-5-16-37-61)79-50-26-48-77-86(79)93(71)68-42-21-24-45-74(68)96(77)59-32-11-3-12-33-59)83-65-55-70-82(56-81(65)100(87(64)83)88(63)90(69)99(62-38-17-6-18-39-62)80-51-27-47-76(94)85(80)91)97(60-34-13-4-14-35-60)78-49-25-46-75-84(78)92(70)67-41-20-23-44-73(67)95(75)58-30-9-2-10-31-58/h1-56H. The molecule has 0 amide bonds. The minimum Gasteiger partial charge on any atom is -0.311 e. The summed E-state index contributed by atoms with van der Waals surface area (Å²) in [6.07, 6.45) is 0. The van der Waals surface area contributed by atoms with Crippen LogP contribution in [0.1, 0.15) is 0 Å². The minimum absolute atomic E-state index is 0.0986. The summed E-state index contributed by atoms with van der Waals surface area (Å²) in [5.74, 6) is 0. The second kappa shape index (κ2) is 20.3. The van der Waals surface area contributed by atoms with Crippen molar-refractivity contribution < 1.29 is 0 Å². The van der Waals surface area contributed by atoms with Crippen LogP contribution in [-0.4, -0.2) is 24.5 Å². The summed E-state index contributed by atoms with van der Waals surface area (Å²) < 4.78 is 2.74. The Morgan fingerprint density at radius 2 is 0.510 bits per heavy atom. The lowest BCUT2D eigenvalue weighted by Crippen LogP contribution is -2.61. The SMILES string of the molecule is c1ccc(N2c3ccccc3B3c4cc5c6c7c(cc8c9ccc%10c(c9n(c5cc4N(c4ccccc4)c4cccc2c43)c86)N(c2ccccc2)c2cccc3c2B%10c2ccccc2N3c2ccccc2)B2c3ccccc3N(c3ccccc3)c3cccc(c32)N7c2ccccc2)cc1. The lowest BCUT2D eigenvalue weighted by atomic mass is 9.33. The van der Waals surface area contributed by atoms with Gasteiger partial charge in [-0.2, -0.15) is 0 Å². The zero-order valence-electron chi connectivity index (χ0n) is 54.2. The van der Waals surface area contributed by atoms with Crippen molar-refractivity contribution in [1.82, 2.24) is 4.40 Å². The van der Waals surface area contributed by atoms with E-state index in [0.29, 0.717) is 0 Å². The summed E-state index contributed by atoms with van der Waals surface area (Å²) in [6.45, 7) is -0.352. The molecule has 6 aliphatic heterocycles. The van der Waals surface area contributed by atoms with Gasteiger partial charge in [-0.1, -0.05) is 206 Å². The predicted octanol–water partition coefficient (Wildman–Crippen LogP) is 17.1. The van der Waals surface area contributed by atoms with Gasteiger partial charge in [0, 0.05) is 113 Å². The smallest absolute Gasteiger partial charge is 0.252 e. The van der Waals surface area contributed by atoms with Crippen LogP contribution in [0.25, 0.3) is 38.1 Å². The molecule has 100 heavy (non-hydrogen) atoms. The van der Waals surface area contributed by atoms with Crippen LogP contribution in [0.4, 0.5) is 102 Å². The topological polar surface area (TPSA) is 23.9 Å². The third-order valence-electron chi connectivity index (χ3n) is 22.5. The van der Waals surface area contributed by atoms with Crippen LogP contribution < -0.4 is 78.6 Å². The van der Waals surface area contributed by atoms with E-state index in [2.05, 4.69) is 374 Å². The molecule has 0 unspecified atom stereocenters. The Kier molecular flexibility index (Phi) is 11.0. The molecule has 6 aliphatic rings. The van der Waals surface area contributed by atoms with Gasteiger partial charge in [0.2, 0.25) is 0 Å². The highest BCUT2D eigenvalue weighted by Crippen LogP contribution is 2.55. The van der Waals surface area contributed by atoms with Gasteiger partial charge < -0.3 is 33.8 Å². The first-order valence-corrected chi connectivity index (χ1v) is 34.9. The van der Waals surface area contributed by atoms with Gasteiger partial charge in [0.1, 0.15) is 0 Å². The summed E-state index contributed by atoms with van der Waals surface area (Å²) >= 11 is 0. The fourth-order valence-electron chi connectivity index (χ4n) is 18.9. The molecule has 0 saturated heterocycles. The van der Waals surface area contributed by atoms with Crippen LogP contribution in [0.5, 0.6) is 0 Å². The largest absolute Gasteiger partial charge is 0.311 e. The fraction of sp³-hybridized carbons (Fsp3) is 0. The maximum Gasteiger partial charge on any atom is 0.252 e. The molecule has 0 atom stereocenters. The van der Waals surface area contributed by atoms with Gasteiger partial charge in [-0.15, -0.1) is 0 Å². The molecule has 460 valence electrons. The van der Waals surface area contributed by atoms with Crippen molar-refractivity contribution in [2.75, 3.05) is 29.4 Å². The molecule has 0 saturated carbocycles. The number of aromatic nitrogens is 1. The number of anilines is 18. The van der Waals surface area contributed by atoms with E-state index >= 15 is 0 Å². The van der Waals surface area contributed by atoms with Crippen LogP contribution in [0, 0.1) is 0 Å². The van der Waals surface area contributed by atoms with Gasteiger partial charge >= 0.3 is 0 Å². The van der Waals surface area contributed by atoms with Crippen LogP contribution in [0.2, 0.25) is 0 Å². The number of hydrogen-bond donors (Lipinski definition) is 0. The molecule has 7 nitrogen and oxygen atoms in total. The first kappa shape index (κ1) is 54.2. The monoisotopic (exact) mass is 1270 g/mol. The zero-order valence-corrected chi connectivity index (χ0v) is 54.2. The predicted molar refractivity (Wildman–Crippen MR) is 423 cm³/mol. The summed E-state index contributed by atoms with van der Waals surface area (Å²) in [6, 6.07) is 128. The molecule has 2 aromatic heterocycles. The van der Waals surface area contributed by atoms with Crippen molar-refractivity contribution in [2.24, 2.45) is 0 Å². The number of hydrogen-bond acceptors (Lipinski definition) is 6. The van der Waals surface area contributed by atoms with Gasteiger partial charge in [0.15, 0.2) is 0 Å². The Morgan fingerprint density at radius 1 is 0.190 bits per heavy atom. The van der Waals surface area contributed by atoms with Crippen LogP contribution in [0.15, 0.2) is 340 Å². The minimum atomic E-state index is -0.134. The van der Waals surface area contributed by atoms with Gasteiger partial charge in [0.25, 0.3) is 20.1 Å². The summed E-state index contributed by atoms with van der Waals surface area (Å²) in [7, 11) is 0. The highest BCUT2D eigenvalue weighted by atomic mass is 15.2. The Balaban J connectivity index is 0.906. The Bertz CT molecular complexity index is 6290. The third kappa shape index (κ3) is 7.10. The molecule has 0 aliphatic carbocycles. The average Bonchev–Trinajstić information content (AvgIpc) is 1.45. The number of fused-ring (bicyclic) bond motifs is 20. The second-order valence-electron chi connectivity index (χ2n) is 27.4. The van der Waals surface area contributed by atoms with Crippen molar-refractivity contribution in [3.63, 3.8) is 0 Å². The van der Waals surface area contributed by atoms with Crippen LogP contribution >= 0.6 is 0 Å². The highest BCUT2D eigenvalue weighted by Gasteiger charge is 2.49. The molecule has 8 heterocycles. The Labute approximate surface area is 579 Å². The summed E-state index contributed by atoms with van der Waals surface area (Å²) in [5.41, 5.74) is 36.1. The van der Waals surface area contributed by atoms with E-state index in [9.17, 15) is 0 Å². The van der Waals surface area contributed by atoms with Gasteiger partial charge in [0.05, 0.1) is 27.9 Å². The molecule has 15 aromatic carbocycles. The average molecular weight is 1270 g/mol. The van der Waals surface area contributed by atoms with Gasteiger partial charge in [-0.3, -0.25) is 0 Å². The van der Waals surface area contributed by atoms with Gasteiger partial charge in [-0.05, 0) is 183 Å². The number of para-hydroxylation sites is 9. The molecule has 0 fully saturated rings. The quantitative estimate of drug-likeness (QED) is 0.154. The summed E-state index contributed by atoms with van der Waals surface area (Å²) in [4.78, 5) is 15.3. The molecule has 0 bridgehead atoms. The van der Waals surface area contributed by atoms with Crippen LogP contribution in [0.3, 0.4) is 0 Å². The molecular formula is C90H56B3N7. The number of benzene rings is 15. The van der Waals surface area contributed by atoms with E-state index < -0.39 is 0 Å². The Morgan fingerprint density at radius 3 is 0.930 bits per heavy atom. The first-order valence-electron chi connectivity index (χ1n) is 34.9. The molecular weight excluding hydrogens is 1210 g/mol. The van der Waals surface area contributed by atoms with Crippen molar-refractivity contribution in [3.8, 4) is 0 Å².